The number of hydrogen-bond acceptors (Lipinski definition) is 5. The van der Waals surface area contributed by atoms with Gasteiger partial charge in [0.05, 0.1) is 12.7 Å². The molecule has 1 unspecified atom stereocenters. The molecule has 66 valence electrons. The van der Waals surface area contributed by atoms with E-state index in [-0.39, 0.29) is 6.42 Å². The molecule has 0 saturated carbocycles. The van der Waals surface area contributed by atoms with Gasteiger partial charge in [-0.15, -0.1) is 0 Å². The van der Waals surface area contributed by atoms with Crippen LogP contribution in [0.2, 0.25) is 0 Å². The average Bonchev–Trinajstić information content (AvgIpc) is 1.96. The Bertz CT molecular complexity index is 128. The minimum atomic E-state index is -1.11. The van der Waals surface area contributed by atoms with Gasteiger partial charge in [0, 0.05) is 6.42 Å². The second-order valence-corrected chi connectivity index (χ2v) is 2.61. The van der Waals surface area contributed by atoms with E-state index >= 15 is 0 Å². The highest BCUT2D eigenvalue weighted by molar-refractivity contribution is 4.81. The molecule has 1 saturated heterocycles. The third-order valence-corrected chi connectivity index (χ3v) is 1.73. The standard InChI is InChI=1S/C6H12O5/c7-2-4-6(10)3(8)1-5(9)11-4/h3-10H,1-2H2/t3-,4?,5+,6+/m0/s1. The van der Waals surface area contributed by atoms with Gasteiger partial charge in [0.2, 0.25) is 0 Å². The van der Waals surface area contributed by atoms with Gasteiger partial charge in [-0.3, -0.25) is 0 Å². The zero-order valence-corrected chi connectivity index (χ0v) is 5.92. The van der Waals surface area contributed by atoms with Crippen LogP contribution in [0.3, 0.4) is 0 Å². The molecule has 5 nitrogen and oxygen atoms in total. The Morgan fingerprint density at radius 3 is 2.45 bits per heavy atom. The molecule has 0 aliphatic carbocycles. The smallest absolute Gasteiger partial charge is 0.157 e. The third kappa shape index (κ3) is 1.88. The summed E-state index contributed by atoms with van der Waals surface area (Å²) >= 11 is 0. The molecule has 0 bridgehead atoms. The Hall–Kier alpha value is -0.200. The van der Waals surface area contributed by atoms with Crippen LogP contribution in [0, 0.1) is 0 Å². The lowest BCUT2D eigenvalue weighted by molar-refractivity contribution is -0.239. The van der Waals surface area contributed by atoms with Gasteiger partial charge in [-0.05, 0) is 0 Å². The van der Waals surface area contributed by atoms with Crippen LogP contribution in [0.4, 0.5) is 0 Å². The maximum atomic E-state index is 9.11. The Labute approximate surface area is 63.8 Å². The average molecular weight is 164 g/mol. The highest BCUT2D eigenvalue weighted by atomic mass is 16.6. The topological polar surface area (TPSA) is 90.2 Å². The van der Waals surface area contributed by atoms with E-state index in [9.17, 15) is 0 Å². The van der Waals surface area contributed by atoms with Crippen LogP contribution in [0.5, 0.6) is 0 Å². The molecule has 1 rings (SSSR count). The van der Waals surface area contributed by atoms with E-state index in [1.807, 2.05) is 0 Å². The van der Waals surface area contributed by atoms with Crippen molar-refractivity contribution in [3.8, 4) is 0 Å². The van der Waals surface area contributed by atoms with Crippen LogP contribution in [0.25, 0.3) is 0 Å². The molecule has 1 heterocycles. The molecule has 0 aromatic heterocycles. The Morgan fingerprint density at radius 1 is 1.27 bits per heavy atom. The van der Waals surface area contributed by atoms with Gasteiger partial charge in [-0.25, -0.2) is 0 Å². The molecule has 5 heteroatoms. The molecule has 0 amide bonds. The fourth-order valence-electron chi connectivity index (χ4n) is 1.08. The minimum Gasteiger partial charge on any atom is -0.394 e. The first-order valence-electron chi connectivity index (χ1n) is 3.45. The van der Waals surface area contributed by atoms with Gasteiger partial charge in [-0.2, -0.15) is 0 Å². The lowest BCUT2D eigenvalue weighted by Gasteiger charge is -2.33. The zero-order chi connectivity index (χ0) is 8.43. The molecule has 0 aromatic rings. The quantitative estimate of drug-likeness (QED) is 0.353. The van der Waals surface area contributed by atoms with Crippen molar-refractivity contribution < 1.29 is 25.2 Å². The summed E-state index contributed by atoms with van der Waals surface area (Å²) in [4.78, 5) is 0. The molecule has 1 fully saturated rings. The van der Waals surface area contributed by atoms with Gasteiger partial charge in [0.15, 0.2) is 6.29 Å². The van der Waals surface area contributed by atoms with Crippen molar-refractivity contribution >= 4 is 0 Å². The number of ether oxygens (including phenoxy) is 1. The van der Waals surface area contributed by atoms with Crippen LogP contribution in [-0.4, -0.2) is 51.6 Å². The van der Waals surface area contributed by atoms with Crippen molar-refractivity contribution in [3.63, 3.8) is 0 Å². The molecular weight excluding hydrogens is 152 g/mol. The Kier molecular flexibility index (Phi) is 2.80. The second kappa shape index (κ2) is 3.46. The van der Waals surface area contributed by atoms with Crippen LogP contribution in [0.15, 0.2) is 0 Å². The zero-order valence-electron chi connectivity index (χ0n) is 5.92. The first-order valence-corrected chi connectivity index (χ1v) is 3.45. The lowest BCUT2D eigenvalue weighted by atomic mass is 10.0. The van der Waals surface area contributed by atoms with E-state index in [1.165, 1.54) is 0 Å². The van der Waals surface area contributed by atoms with Gasteiger partial charge < -0.3 is 25.2 Å². The van der Waals surface area contributed by atoms with Gasteiger partial charge in [0.1, 0.15) is 12.2 Å². The number of aliphatic hydroxyl groups excluding tert-OH is 4. The fraction of sp³-hybridized carbons (Fsp3) is 1.00. The van der Waals surface area contributed by atoms with Crippen LogP contribution >= 0.6 is 0 Å². The largest absolute Gasteiger partial charge is 0.394 e. The molecule has 0 aromatic carbocycles. The van der Waals surface area contributed by atoms with Crippen molar-refractivity contribution in [2.45, 2.75) is 31.0 Å². The summed E-state index contributed by atoms with van der Waals surface area (Å²) in [6, 6.07) is 0. The van der Waals surface area contributed by atoms with Gasteiger partial charge in [-0.1, -0.05) is 0 Å². The molecular formula is C6H12O5. The summed E-state index contributed by atoms with van der Waals surface area (Å²) in [6.45, 7) is -0.407. The van der Waals surface area contributed by atoms with Crippen molar-refractivity contribution in [1.82, 2.24) is 0 Å². The van der Waals surface area contributed by atoms with Crippen molar-refractivity contribution in [1.29, 1.82) is 0 Å². The first-order chi connectivity index (χ1) is 5.15. The van der Waals surface area contributed by atoms with Crippen LogP contribution in [-0.2, 0) is 4.74 Å². The Balaban J connectivity index is 2.51. The van der Waals surface area contributed by atoms with E-state index in [0.717, 1.165) is 0 Å². The van der Waals surface area contributed by atoms with E-state index in [1.54, 1.807) is 0 Å². The summed E-state index contributed by atoms with van der Waals surface area (Å²) in [5.41, 5.74) is 0. The molecule has 1 aliphatic heterocycles. The summed E-state index contributed by atoms with van der Waals surface area (Å²) in [5.74, 6) is 0. The molecule has 1 aliphatic rings. The molecule has 0 radical (unpaired) electrons. The first kappa shape index (κ1) is 8.89. The highest BCUT2D eigenvalue weighted by Crippen LogP contribution is 2.18. The minimum absolute atomic E-state index is 0.0162. The summed E-state index contributed by atoms with van der Waals surface area (Å²) in [5, 5.41) is 35.6. The lowest BCUT2D eigenvalue weighted by Crippen LogP contribution is -2.49. The third-order valence-electron chi connectivity index (χ3n) is 1.73. The van der Waals surface area contributed by atoms with Crippen molar-refractivity contribution in [2.24, 2.45) is 0 Å². The molecule has 11 heavy (non-hydrogen) atoms. The maximum Gasteiger partial charge on any atom is 0.157 e. The monoisotopic (exact) mass is 164 g/mol. The van der Waals surface area contributed by atoms with E-state index in [0.29, 0.717) is 0 Å². The normalized spacial score (nSPS) is 45.8. The van der Waals surface area contributed by atoms with Crippen LogP contribution in [0.1, 0.15) is 6.42 Å². The molecule has 4 N–H and O–H groups in total. The predicted octanol–water partition coefficient (Wildman–Crippen LogP) is -2.19. The molecule has 0 spiro atoms. The number of hydrogen-bond donors (Lipinski definition) is 4. The van der Waals surface area contributed by atoms with Gasteiger partial charge >= 0.3 is 0 Å². The maximum absolute atomic E-state index is 9.11. The van der Waals surface area contributed by atoms with E-state index in [4.69, 9.17) is 25.2 Å². The van der Waals surface area contributed by atoms with Gasteiger partial charge in [0.25, 0.3) is 0 Å². The van der Waals surface area contributed by atoms with Crippen molar-refractivity contribution in [2.75, 3.05) is 6.61 Å². The highest BCUT2D eigenvalue weighted by Gasteiger charge is 2.35. The Morgan fingerprint density at radius 2 is 1.91 bits per heavy atom. The summed E-state index contributed by atoms with van der Waals surface area (Å²) in [7, 11) is 0. The van der Waals surface area contributed by atoms with Crippen molar-refractivity contribution in [3.05, 3.63) is 0 Å². The molecule has 4 atom stereocenters. The number of rotatable bonds is 1. The second-order valence-electron chi connectivity index (χ2n) is 2.61. The summed E-state index contributed by atoms with van der Waals surface area (Å²) in [6.07, 6.45) is -4.11. The van der Waals surface area contributed by atoms with Crippen LogP contribution < -0.4 is 0 Å². The fourth-order valence-corrected chi connectivity index (χ4v) is 1.08. The van der Waals surface area contributed by atoms with E-state index < -0.39 is 31.2 Å². The number of aliphatic hydroxyl groups is 4. The SMILES string of the molecule is OCC1O[C@@H](O)C[C@H](O)[C@H]1O. The van der Waals surface area contributed by atoms with E-state index in [2.05, 4.69) is 0 Å². The summed E-state index contributed by atoms with van der Waals surface area (Å²) < 4.78 is 4.71. The predicted molar refractivity (Wildman–Crippen MR) is 34.6 cm³/mol.